The van der Waals surface area contributed by atoms with Gasteiger partial charge in [-0.3, -0.25) is 9.10 Å². The molecule has 1 aromatic heterocycles. The van der Waals surface area contributed by atoms with Crippen molar-refractivity contribution in [3.63, 3.8) is 0 Å². The number of nitrogens with one attached hydrogen (secondary N) is 1. The van der Waals surface area contributed by atoms with Gasteiger partial charge in [0.15, 0.2) is 0 Å². The highest BCUT2D eigenvalue weighted by molar-refractivity contribution is 7.92. The predicted octanol–water partition coefficient (Wildman–Crippen LogP) is 4.06. The Morgan fingerprint density at radius 3 is 2.59 bits per heavy atom. The fraction of sp³-hybridized carbons (Fsp3) is 0.100. The molecule has 0 fully saturated rings. The third-order valence-electron chi connectivity index (χ3n) is 3.99. The molecule has 0 unspecified atom stereocenters. The fourth-order valence-corrected chi connectivity index (χ4v) is 4.92. The van der Waals surface area contributed by atoms with Gasteiger partial charge < -0.3 is 0 Å². The number of halogens is 1. The lowest BCUT2D eigenvalue weighted by molar-refractivity contribution is -0.119. The van der Waals surface area contributed by atoms with E-state index < -0.39 is 22.5 Å². The first-order valence-corrected chi connectivity index (χ1v) is 11.3. The quantitative estimate of drug-likeness (QED) is 0.438. The normalized spacial score (nSPS) is 11.5. The monoisotopic (exact) mass is 447 g/mol. The van der Waals surface area contributed by atoms with Crippen LogP contribution in [0.25, 0.3) is 0 Å². The average Bonchev–Trinajstić information content (AvgIpc) is 3.11. The smallest absolute Gasteiger partial charge is 0.264 e. The van der Waals surface area contributed by atoms with E-state index in [2.05, 4.69) is 10.5 Å². The molecule has 1 N–H and O–H groups in total. The molecule has 6 nitrogen and oxygen atoms in total. The van der Waals surface area contributed by atoms with Crippen LogP contribution in [0.15, 0.2) is 76.0 Å². The first-order valence-electron chi connectivity index (χ1n) is 8.57. The summed E-state index contributed by atoms with van der Waals surface area (Å²) in [5.74, 6) is -0.574. The molecule has 0 spiro atoms. The van der Waals surface area contributed by atoms with Gasteiger partial charge in [0.05, 0.1) is 16.8 Å². The maximum Gasteiger partial charge on any atom is 0.264 e. The van der Waals surface area contributed by atoms with Crippen molar-refractivity contribution in [2.45, 2.75) is 11.8 Å². The van der Waals surface area contributed by atoms with Gasteiger partial charge in [-0.15, -0.1) is 11.3 Å². The van der Waals surface area contributed by atoms with Gasteiger partial charge in [-0.1, -0.05) is 35.9 Å². The van der Waals surface area contributed by atoms with Gasteiger partial charge in [0, 0.05) is 9.90 Å². The second-order valence-electron chi connectivity index (χ2n) is 6.07. The van der Waals surface area contributed by atoms with Crippen molar-refractivity contribution in [1.29, 1.82) is 0 Å². The Hall–Kier alpha value is -2.68. The van der Waals surface area contributed by atoms with Crippen LogP contribution < -0.4 is 9.73 Å². The number of anilines is 1. The lowest BCUT2D eigenvalue weighted by atomic mass is 10.3. The lowest BCUT2D eigenvalue weighted by Crippen LogP contribution is -2.39. The molecule has 3 aromatic rings. The van der Waals surface area contributed by atoms with Gasteiger partial charge in [0.1, 0.15) is 6.54 Å². The summed E-state index contributed by atoms with van der Waals surface area (Å²) in [5.41, 5.74) is 3.71. The Kier molecular flexibility index (Phi) is 6.68. The molecular weight excluding hydrogens is 430 g/mol. The fourth-order valence-electron chi connectivity index (χ4n) is 2.51. The first-order chi connectivity index (χ1) is 13.9. The Labute approximate surface area is 178 Å². The lowest BCUT2D eigenvalue weighted by Gasteiger charge is -2.23. The molecule has 0 atom stereocenters. The van der Waals surface area contributed by atoms with Gasteiger partial charge in [-0.2, -0.15) is 5.10 Å². The van der Waals surface area contributed by atoms with Crippen LogP contribution in [-0.4, -0.2) is 27.1 Å². The van der Waals surface area contributed by atoms with Crippen molar-refractivity contribution < 1.29 is 13.2 Å². The van der Waals surface area contributed by atoms with E-state index in [1.165, 1.54) is 35.8 Å². The molecule has 3 rings (SSSR count). The van der Waals surface area contributed by atoms with E-state index in [9.17, 15) is 13.2 Å². The van der Waals surface area contributed by atoms with Crippen LogP contribution in [0.5, 0.6) is 0 Å². The van der Waals surface area contributed by atoms with E-state index in [0.29, 0.717) is 5.02 Å². The third-order valence-corrected chi connectivity index (χ3v) is 6.96. The summed E-state index contributed by atoms with van der Waals surface area (Å²) in [6, 6.07) is 16.2. The molecule has 2 aromatic carbocycles. The molecule has 1 amide bonds. The molecule has 150 valence electrons. The zero-order chi connectivity index (χ0) is 20.9. The van der Waals surface area contributed by atoms with E-state index >= 15 is 0 Å². The molecule has 0 aliphatic rings. The van der Waals surface area contributed by atoms with Crippen LogP contribution in [0.4, 0.5) is 5.69 Å². The van der Waals surface area contributed by atoms with Crippen molar-refractivity contribution in [1.82, 2.24) is 5.43 Å². The van der Waals surface area contributed by atoms with Crippen LogP contribution >= 0.6 is 22.9 Å². The van der Waals surface area contributed by atoms with Crippen molar-refractivity contribution >= 4 is 50.8 Å². The molecule has 0 saturated heterocycles. The number of carbonyl (C=O) groups excluding carboxylic acids is 1. The number of rotatable bonds is 7. The van der Waals surface area contributed by atoms with Crippen LogP contribution in [0.1, 0.15) is 10.4 Å². The van der Waals surface area contributed by atoms with Crippen LogP contribution in [0.3, 0.4) is 0 Å². The number of aryl methyl sites for hydroxylation is 1. The summed E-state index contributed by atoms with van der Waals surface area (Å²) in [7, 11) is -3.98. The van der Waals surface area contributed by atoms with Gasteiger partial charge >= 0.3 is 0 Å². The minimum absolute atomic E-state index is 0.0745. The number of amides is 1. The summed E-state index contributed by atoms with van der Waals surface area (Å²) in [4.78, 5) is 13.4. The van der Waals surface area contributed by atoms with Gasteiger partial charge in [-0.25, -0.2) is 13.8 Å². The number of benzene rings is 2. The Bertz CT molecular complexity index is 1130. The second kappa shape index (κ2) is 9.21. The average molecular weight is 448 g/mol. The molecule has 0 radical (unpaired) electrons. The van der Waals surface area contributed by atoms with Crippen LogP contribution in [-0.2, 0) is 14.8 Å². The van der Waals surface area contributed by atoms with Gasteiger partial charge in [0.2, 0.25) is 0 Å². The molecule has 9 heteroatoms. The Balaban J connectivity index is 1.85. The van der Waals surface area contributed by atoms with Gasteiger partial charge in [-0.05, 0) is 54.3 Å². The molecule has 0 aliphatic heterocycles. The summed E-state index contributed by atoms with van der Waals surface area (Å²) < 4.78 is 27.3. The van der Waals surface area contributed by atoms with E-state index in [1.807, 2.05) is 18.4 Å². The Morgan fingerprint density at radius 1 is 1.17 bits per heavy atom. The first kappa shape index (κ1) is 21.0. The zero-order valence-electron chi connectivity index (χ0n) is 15.4. The summed E-state index contributed by atoms with van der Waals surface area (Å²) in [6.07, 6.45) is 1.54. The van der Waals surface area contributed by atoms with Crippen LogP contribution in [0, 0.1) is 6.92 Å². The van der Waals surface area contributed by atoms with Gasteiger partial charge in [0.25, 0.3) is 15.9 Å². The number of thiophene rings is 1. The zero-order valence-corrected chi connectivity index (χ0v) is 17.8. The summed E-state index contributed by atoms with van der Waals surface area (Å²) in [5, 5.41) is 6.22. The molecular formula is C20H18ClN3O3S2. The maximum atomic E-state index is 13.2. The minimum Gasteiger partial charge on any atom is -0.271 e. The highest BCUT2D eigenvalue weighted by Gasteiger charge is 2.27. The standard InChI is InChI=1S/C20H18ClN3O3S2/c1-15-10-11-28-19(15)13-22-23-20(25)14-24(17-7-5-6-16(21)12-17)29(26,27)18-8-3-2-4-9-18/h2-13H,14H2,1H3,(H,23,25)/b22-13-. The highest BCUT2D eigenvalue weighted by atomic mass is 35.5. The highest BCUT2D eigenvalue weighted by Crippen LogP contribution is 2.25. The third kappa shape index (κ3) is 5.23. The van der Waals surface area contributed by atoms with E-state index in [4.69, 9.17) is 11.6 Å². The number of hydrogen-bond acceptors (Lipinski definition) is 5. The molecule has 0 saturated carbocycles. The number of carbonyl (C=O) groups is 1. The SMILES string of the molecule is Cc1ccsc1/C=N\NC(=O)CN(c1cccc(Cl)c1)S(=O)(=O)c1ccccc1. The van der Waals surface area contributed by atoms with Crippen molar-refractivity contribution in [3.05, 3.63) is 81.5 Å². The number of hydrazone groups is 1. The topological polar surface area (TPSA) is 78.8 Å². The molecule has 0 aliphatic carbocycles. The summed E-state index contributed by atoms with van der Waals surface area (Å²) in [6.45, 7) is 1.49. The van der Waals surface area contributed by atoms with E-state index in [-0.39, 0.29) is 10.6 Å². The number of sulfonamides is 1. The largest absolute Gasteiger partial charge is 0.271 e. The number of nitrogens with zero attached hydrogens (tertiary/aromatic N) is 2. The van der Waals surface area contributed by atoms with Crippen molar-refractivity contribution in [2.24, 2.45) is 5.10 Å². The van der Waals surface area contributed by atoms with Crippen LogP contribution in [0.2, 0.25) is 5.02 Å². The molecule has 1 heterocycles. The predicted molar refractivity (Wildman–Crippen MR) is 117 cm³/mol. The molecule has 0 bridgehead atoms. The minimum atomic E-state index is -3.98. The Morgan fingerprint density at radius 2 is 1.93 bits per heavy atom. The maximum absolute atomic E-state index is 13.2. The number of hydrogen-bond donors (Lipinski definition) is 1. The van der Waals surface area contributed by atoms with E-state index in [1.54, 1.807) is 36.4 Å². The molecule has 29 heavy (non-hydrogen) atoms. The van der Waals surface area contributed by atoms with Crippen molar-refractivity contribution in [3.8, 4) is 0 Å². The summed E-state index contributed by atoms with van der Waals surface area (Å²) >= 11 is 7.53. The van der Waals surface area contributed by atoms with E-state index in [0.717, 1.165) is 14.7 Å². The second-order valence-corrected chi connectivity index (χ2v) is 9.31. The van der Waals surface area contributed by atoms with Crippen molar-refractivity contribution in [2.75, 3.05) is 10.8 Å².